The summed E-state index contributed by atoms with van der Waals surface area (Å²) in [6.07, 6.45) is 6.45. The van der Waals surface area contributed by atoms with Gasteiger partial charge in [0.1, 0.15) is 11.9 Å². The molecule has 1 saturated carbocycles. The van der Waals surface area contributed by atoms with Crippen molar-refractivity contribution < 1.29 is 13.5 Å². The van der Waals surface area contributed by atoms with Crippen LogP contribution in [0.15, 0.2) is 18.2 Å². The summed E-state index contributed by atoms with van der Waals surface area (Å²) in [5, 5.41) is 3.49. The van der Waals surface area contributed by atoms with Gasteiger partial charge < -0.3 is 10.1 Å². The Bertz CT molecular complexity index is 425. The van der Waals surface area contributed by atoms with Gasteiger partial charge in [-0.2, -0.15) is 0 Å². The maximum Gasteiger partial charge on any atom is 0.167 e. The molecule has 2 unspecified atom stereocenters. The lowest BCUT2D eigenvalue weighted by atomic mass is 10.1. The van der Waals surface area contributed by atoms with E-state index >= 15 is 0 Å². The molecule has 0 amide bonds. The summed E-state index contributed by atoms with van der Waals surface area (Å²) in [6, 6.07) is 3.75. The first-order valence-corrected chi connectivity index (χ1v) is 7.55. The minimum atomic E-state index is -0.622. The number of ether oxygens (including phenoxy) is 1. The maximum absolute atomic E-state index is 13.7. The van der Waals surface area contributed by atoms with Gasteiger partial charge in [-0.25, -0.2) is 8.78 Å². The lowest BCUT2D eigenvalue weighted by Crippen LogP contribution is -2.42. The van der Waals surface area contributed by atoms with E-state index in [4.69, 9.17) is 4.74 Å². The number of benzene rings is 1. The van der Waals surface area contributed by atoms with E-state index in [9.17, 15) is 8.78 Å². The molecule has 0 heterocycles. The Balaban J connectivity index is 2.06. The first-order valence-electron chi connectivity index (χ1n) is 7.55. The fourth-order valence-corrected chi connectivity index (χ4v) is 2.71. The summed E-state index contributed by atoms with van der Waals surface area (Å²) in [5.74, 6) is -1.04. The van der Waals surface area contributed by atoms with Gasteiger partial charge in [-0.05, 0) is 44.4 Å². The molecule has 0 spiro atoms. The van der Waals surface area contributed by atoms with Crippen LogP contribution in [0.2, 0.25) is 0 Å². The lowest BCUT2D eigenvalue weighted by Gasteiger charge is -2.27. The van der Waals surface area contributed by atoms with Crippen LogP contribution in [0.5, 0.6) is 5.75 Å². The van der Waals surface area contributed by atoms with Crippen LogP contribution in [0.4, 0.5) is 8.78 Å². The number of rotatable bonds is 5. The molecule has 0 aromatic heterocycles. The second-order valence-electron chi connectivity index (χ2n) is 5.43. The van der Waals surface area contributed by atoms with E-state index in [0.29, 0.717) is 0 Å². The fourth-order valence-electron chi connectivity index (χ4n) is 2.71. The highest BCUT2D eigenvalue weighted by atomic mass is 19.1. The summed E-state index contributed by atoms with van der Waals surface area (Å²) in [7, 11) is 0. The Morgan fingerprint density at radius 1 is 1.20 bits per heavy atom. The molecule has 4 heteroatoms. The number of hydrogen-bond acceptors (Lipinski definition) is 2. The van der Waals surface area contributed by atoms with Crippen molar-refractivity contribution in [3.05, 3.63) is 29.8 Å². The zero-order chi connectivity index (χ0) is 14.4. The van der Waals surface area contributed by atoms with E-state index in [0.717, 1.165) is 38.3 Å². The smallest absolute Gasteiger partial charge is 0.167 e. The second kappa shape index (κ2) is 7.58. The predicted molar refractivity (Wildman–Crippen MR) is 75.9 cm³/mol. The standard InChI is InChI=1S/C16H23F2NO/c1-2-10-19-14-6-4-3-5-7-16(14)20-15-9-8-12(17)11-13(15)18/h8-9,11,14,16,19H,2-7,10H2,1H3. The average Bonchev–Trinajstić information content (AvgIpc) is 2.65. The van der Waals surface area contributed by atoms with Crippen molar-refractivity contribution in [1.29, 1.82) is 0 Å². The molecule has 1 aliphatic rings. The van der Waals surface area contributed by atoms with Crippen LogP contribution in [0, 0.1) is 11.6 Å². The van der Waals surface area contributed by atoms with Crippen molar-refractivity contribution >= 4 is 0 Å². The summed E-state index contributed by atoms with van der Waals surface area (Å²) in [6.45, 7) is 3.07. The van der Waals surface area contributed by atoms with Crippen molar-refractivity contribution in [2.24, 2.45) is 0 Å². The average molecular weight is 283 g/mol. The summed E-state index contributed by atoms with van der Waals surface area (Å²) in [5.41, 5.74) is 0. The summed E-state index contributed by atoms with van der Waals surface area (Å²) >= 11 is 0. The van der Waals surface area contributed by atoms with E-state index in [1.165, 1.54) is 25.0 Å². The summed E-state index contributed by atoms with van der Waals surface area (Å²) in [4.78, 5) is 0. The minimum absolute atomic E-state index is 0.0380. The first-order chi connectivity index (χ1) is 9.70. The molecule has 0 saturated heterocycles. The lowest BCUT2D eigenvalue weighted by molar-refractivity contribution is 0.138. The van der Waals surface area contributed by atoms with Crippen LogP contribution in [0.25, 0.3) is 0 Å². The van der Waals surface area contributed by atoms with Crippen molar-refractivity contribution in [2.45, 2.75) is 57.6 Å². The quantitative estimate of drug-likeness (QED) is 0.823. The van der Waals surface area contributed by atoms with Gasteiger partial charge in [0.05, 0.1) is 0 Å². The van der Waals surface area contributed by atoms with Gasteiger partial charge in [0.2, 0.25) is 0 Å². The van der Waals surface area contributed by atoms with Gasteiger partial charge >= 0.3 is 0 Å². The molecule has 1 aromatic rings. The van der Waals surface area contributed by atoms with Gasteiger partial charge in [-0.15, -0.1) is 0 Å². The highest BCUT2D eigenvalue weighted by Crippen LogP contribution is 2.25. The van der Waals surface area contributed by atoms with Crippen LogP contribution in [0.3, 0.4) is 0 Å². The van der Waals surface area contributed by atoms with Gasteiger partial charge in [-0.3, -0.25) is 0 Å². The molecule has 1 aromatic carbocycles. The highest BCUT2D eigenvalue weighted by Gasteiger charge is 2.25. The third-order valence-corrected chi connectivity index (χ3v) is 3.78. The normalized spacial score (nSPS) is 23.4. The van der Waals surface area contributed by atoms with E-state index in [-0.39, 0.29) is 17.9 Å². The Hall–Kier alpha value is -1.16. The SMILES string of the molecule is CCCNC1CCCCCC1Oc1ccc(F)cc1F. The van der Waals surface area contributed by atoms with E-state index in [1.807, 2.05) is 0 Å². The van der Waals surface area contributed by atoms with Crippen LogP contribution in [-0.4, -0.2) is 18.7 Å². The molecule has 1 fully saturated rings. The molecule has 0 aliphatic heterocycles. The topological polar surface area (TPSA) is 21.3 Å². The Morgan fingerprint density at radius 2 is 2.00 bits per heavy atom. The van der Waals surface area contributed by atoms with Crippen LogP contribution in [-0.2, 0) is 0 Å². The van der Waals surface area contributed by atoms with E-state index < -0.39 is 11.6 Å². The number of hydrogen-bond donors (Lipinski definition) is 1. The predicted octanol–water partition coefficient (Wildman–Crippen LogP) is 4.04. The first kappa shape index (κ1) is 15.2. The second-order valence-corrected chi connectivity index (χ2v) is 5.43. The monoisotopic (exact) mass is 283 g/mol. The van der Waals surface area contributed by atoms with Crippen LogP contribution in [0.1, 0.15) is 45.4 Å². The Kier molecular flexibility index (Phi) is 5.77. The fraction of sp³-hybridized carbons (Fsp3) is 0.625. The zero-order valence-corrected chi connectivity index (χ0v) is 12.0. The van der Waals surface area contributed by atoms with Crippen LogP contribution < -0.4 is 10.1 Å². The molecule has 0 radical (unpaired) electrons. The van der Waals surface area contributed by atoms with E-state index in [2.05, 4.69) is 12.2 Å². The minimum Gasteiger partial charge on any atom is -0.486 e. The van der Waals surface area contributed by atoms with Crippen molar-refractivity contribution in [2.75, 3.05) is 6.54 Å². The molecule has 2 atom stereocenters. The van der Waals surface area contributed by atoms with E-state index in [1.54, 1.807) is 0 Å². The molecule has 20 heavy (non-hydrogen) atoms. The van der Waals surface area contributed by atoms with Crippen molar-refractivity contribution in [3.8, 4) is 5.75 Å². The molecule has 0 bridgehead atoms. The molecule has 1 N–H and O–H groups in total. The number of halogens is 2. The third kappa shape index (κ3) is 4.17. The van der Waals surface area contributed by atoms with Gasteiger partial charge in [-0.1, -0.05) is 19.8 Å². The molecule has 2 rings (SSSR count). The van der Waals surface area contributed by atoms with Crippen LogP contribution >= 0.6 is 0 Å². The molecular weight excluding hydrogens is 260 g/mol. The molecule has 1 aliphatic carbocycles. The molecule has 2 nitrogen and oxygen atoms in total. The van der Waals surface area contributed by atoms with Gasteiger partial charge in [0.25, 0.3) is 0 Å². The molecule has 112 valence electrons. The van der Waals surface area contributed by atoms with Gasteiger partial charge in [0, 0.05) is 12.1 Å². The molecular formula is C16H23F2NO. The Morgan fingerprint density at radius 3 is 2.75 bits per heavy atom. The van der Waals surface area contributed by atoms with Crippen molar-refractivity contribution in [1.82, 2.24) is 5.32 Å². The number of nitrogens with one attached hydrogen (secondary N) is 1. The zero-order valence-electron chi connectivity index (χ0n) is 12.0. The van der Waals surface area contributed by atoms with Crippen molar-refractivity contribution in [3.63, 3.8) is 0 Å². The van der Waals surface area contributed by atoms with Gasteiger partial charge in [0.15, 0.2) is 11.6 Å². The maximum atomic E-state index is 13.7. The Labute approximate surface area is 119 Å². The highest BCUT2D eigenvalue weighted by molar-refractivity contribution is 5.25. The summed E-state index contributed by atoms with van der Waals surface area (Å²) < 4.78 is 32.5. The largest absolute Gasteiger partial charge is 0.486 e. The third-order valence-electron chi connectivity index (χ3n) is 3.78.